The van der Waals surface area contributed by atoms with E-state index >= 15 is 0 Å². The quantitative estimate of drug-likeness (QED) is 0.887. The molecule has 0 saturated heterocycles. The molecule has 2 N–H and O–H groups in total. The molecule has 3 rings (SSSR count). The molecule has 4 heteroatoms. The van der Waals surface area contributed by atoms with E-state index < -0.39 is 0 Å². The van der Waals surface area contributed by atoms with Gasteiger partial charge >= 0.3 is 0 Å². The second kappa shape index (κ2) is 6.74. The molecule has 1 saturated carbocycles. The molecule has 0 unspecified atom stereocenters. The number of thioether (sulfide) groups is 1. The van der Waals surface area contributed by atoms with E-state index in [1.165, 1.54) is 41.1 Å². The van der Waals surface area contributed by atoms with Crippen LogP contribution in [0, 0.1) is 0 Å². The van der Waals surface area contributed by atoms with E-state index in [-0.39, 0.29) is 0 Å². The molecule has 0 amide bonds. The van der Waals surface area contributed by atoms with Crippen molar-refractivity contribution >= 4 is 23.1 Å². The van der Waals surface area contributed by atoms with Crippen LogP contribution in [-0.2, 0) is 12.3 Å². The lowest BCUT2D eigenvalue weighted by atomic mass is 10.1. The van der Waals surface area contributed by atoms with E-state index in [0.717, 1.165) is 16.7 Å². The van der Waals surface area contributed by atoms with Gasteiger partial charge in [0.1, 0.15) is 5.01 Å². The van der Waals surface area contributed by atoms with E-state index in [0.29, 0.717) is 6.54 Å². The van der Waals surface area contributed by atoms with Crippen LogP contribution in [-0.4, -0.2) is 10.2 Å². The number of thiazole rings is 1. The predicted octanol–water partition coefficient (Wildman–Crippen LogP) is 4.44. The predicted molar refractivity (Wildman–Crippen MR) is 89.0 cm³/mol. The summed E-state index contributed by atoms with van der Waals surface area (Å²) in [5.41, 5.74) is 8.14. The van der Waals surface area contributed by atoms with E-state index in [1.54, 1.807) is 0 Å². The molecule has 20 heavy (non-hydrogen) atoms. The van der Waals surface area contributed by atoms with Crippen molar-refractivity contribution in [3.8, 4) is 10.4 Å². The third-order valence-corrected chi connectivity index (χ3v) is 6.43. The van der Waals surface area contributed by atoms with Crippen LogP contribution < -0.4 is 5.73 Å². The first-order chi connectivity index (χ1) is 9.86. The molecule has 1 heterocycles. The zero-order valence-corrected chi connectivity index (χ0v) is 13.2. The Labute approximate surface area is 128 Å². The van der Waals surface area contributed by atoms with Gasteiger partial charge in [-0.25, -0.2) is 4.98 Å². The van der Waals surface area contributed by atoms with Crippen LogP contribution >= 0.6 is 23.1 Å². The Morgan fingerprint density at radius 1 is 1.20 bits per heavy atom. The number of aromatic nitrogens is 1. The summed E-state index contributed by atoms with van der Waals surface area (Å²) in [6, 6.07) is 10.5. The molecule has 0 bridgehead atoms. The summed E-state index contributed by atoms with van der Waals surface area (Å²) in [5.74, 6) is 1.04. The van der Waals surface area contributed by atoms with Crippen molar-refractivity contribution in [2.75, 3.05) is 0 Å². The molecule has 1 aliphatic carbocycles. The number of hydrogen-bond acceptors (Lipinski definition) is 4. The average molecular weight is 304 g/mol. The molecule has 106 valence electrons. The summed E-state index contributed by atoms with van der Waals surface area (Å²) in [4.78, 5) is 5.98. The fraction of sp³-hybridized carbons (Fsp3) is 0.438. The lowest BCUT2D eigenvalue weighted by Crippen LogP contribution is -1.99. The Hall–Kier alpha value is -0.840. The number of nitrogens with two attached hydrogens (primary N) is 1. The fourth-order valence-electron chi connectivity index (χ4n) is 2.66. The SMILES string of the molecule is NCc1nc(CSC2CCCC2)sc1-c1ccccc1. The van der Waals surface area contributed by atoms with Gasteiger partial charge in [0.2, 0.25) is 0 Å². The van der Waals surface area contributed by atoms with Crippen molar-refractivity contribution in [1.82, 2.24) is 4.98 Å². The third kappa shape index (κ3) is 3.25. The van der Waals surface area contributed by atoms with Crippen LogP contribution in [0.3, 0.4) is 0 Å². The highest BCUT2D eigenvalue weighted by atomic mass is 32.2. The lowest BCUT2D eigenvalue weighted by molar-refractivity contribution is 0.886. The van der Waals surface area contributed by atoms with Crippen LogP contribution in [0.2, 0.25) is 0 Å². The summed E-state index contributed by atoms with van der Waals surface area (Å²) in [6.07, 6.45) is 5.56. The van der Waals surface area contributed by atoms with Crippen LogP contribution in [0.1, 0.15) is 36.4 Å². The smallest absolute Gasteiger partial charge is 0.103 e. The first-order valence-corrected chi connectivity index (χ1v) is 9.09. The molecular formula is C16H20N2S2. The molecule has 1 aromatic carbocycles. The topological polar surface area (TPSA) is 38.9 Å². The summed E-state index contributed by atoms with van der Waals surface area (Å²) in [6.45, 7) is 0.523. The monoisotopic (exact) mass is 304 g/mol. The maximum atomic E-state index is 5.86. The first kappa shape index (κ1) is 14.1. The van der Waals surface area contributed by atoms with Gasteiger partial charge in [-0.05, 0) is 18.4 Å². The minimum absolute atomic E-state index is 0.523. The van der Waals surface area contributed by atoms with Gasteiger partial charge in [-0.15, -0.1) is 11.3 Å². The maximum absolute atomic E-state index is 5.86. The highest BCUT2D eigenvalue weighted by molar-refractivity contribution is 7.99. The van der Waals surface area contributed by atoms with Gasteiger partial charge in [-0.2, -0.15) is 11.8 Å². The summed E-state index contributed by atoms with van der Waals surface area (Å²) >= 11 is 3.88. The van der Waals surface area contributed by atoms with Crippen molar-refractivity contribution in [2.24, 2.45) is 5.73 Å². The van der Waals surface area contributed by atoms with Gasteiger partial charge < -0.3 is 5.73 Å². The minimum Gasteiger partial charge on any atom is -0.325 e. The van der Waals surface area contributed by atoms with Crippen molar-refractivity contribution < 1.29 is 0 Å². The largest absolute Gasteiger partial charge is 0.325 e. The second-order valence-electron chi connectivity index (χ2n) is 5.17. The molecule has 0 aliphatic heterocycles. The number of nitrogens with zero attached hydrogens (tertiary/aromatic N) is 1. The zero-order chi connectivity index (χ0) is 13.8. The van der Waals surface area contributed by atoms with Crippen molar-refractivity contribution in [1.29, 1.82) is 0 Å². The maximum Gasteiger partial charge on any atom is 0.103 e. The van der Waals surface area contributed by atoms with E-state index in [1.807, 2.05) is 17.4 Å². The molecule has 0 radical (unpaired) electrons. The molecule has 0 spiro atoms. The molecule has 0 atom stereocenters. The highest BCUT2D eigenvalue weighted by Gasteiger charge is 2.17. The third-order valence-electron chi connectivity index (χ3n) is 3.72. The van der Waals surface area contributed by atoms with Crippen LogP contribution in [0.5, 0.6) is 0 Å². The Morgan fingerprint density at radius 2 is 1.95 bits per heavy atom. The van der Waals surface area contributed by atoms with Crippen LogP contribution in [0.25, 0.3) is 10.4 Å². The first-order valence-electron chi connectivity index (χ1n) is 7.22. The van der Waals surface area contributed by atoms with Gasteiger partial charge in [0.15, 0.2) is 0 Å². The molecule has 2 nitrogen and oxygen atoms in total. The Kier molecular flexibility index (Phi) is 4.76. The Balaban J connectivity index is 1.74. The summed E-state index contributed by atoms with van der Waals surface area (Å²) in [5, 5.41) is 2.07. The molecule has 1 aliphatic rings. The van der Waals surface area contributed by atoms with Gasteiger partial charge in [0.25, 0.3) is 0 Å². The van der Waals surface area contributed by atoms with Crippen molar-refractivity contribution in [3.63, 3.8) is 0 Å². The number of hydrogen-bond donors (Lipinski definition) is 1. The second-order valence-corrected chi connectivity index (χ2v) is 7.54. The Morgan fingerprint density at radius 3 is 2.65 bits per heavy atom. The van der Waals surface area contributed by atoms with Gasteiger partial charge in [0.05, 0.1) is 10.6 Å². The zero-order valence-electron chi connectivity index (χ0n) is 11.5. The van der Waals surface area contributed by atoms with Crippen LogP contribution in [0.15, 0.2) is 30.3 Å². The molecular weight excluding hydrogens is 284 g/mol. The lowest BCUT2D eigenvalue weighted by Gasteiger charge is -2.05. The van der Waals surface area contributed by atoms with E-state index in [4.69, 9.17) is 10.7 Å². The number of rotatable bonds is 5. The van der Waals surface area contributed by atoms with Gasteiger partial charge in [-0.1, -0.05) is 43.2 Å². The molecule has 1 fully saturated rings. The van der Waals surface area contributed by atoms with E-state index in [2.05, 4.69) is 36.0 Å². The summed E-state index contributed by atoms with van der Waals surface area (Å²) in [7, 11) is 0. The van der Waals surface area contributed by atoms with Gasteiger partial charge in [-0.3, -0.25) is 0 Å². The van der Waals surface area contributed by atoms with E-state index in [9.17, 15) is 0 Å². The standard InChI is InChI=1S/C16H20N2S2/c17-10-14-16(12-6-2-1-3-7-12)20-15(18-14)11-19-13-8-4-5-9-13/h1-3,6-7,13H,4-5,8-11,17H2. The van der Waals surface area contributed by atoms with Crippen molar-refractivity contribution in [3.05, 3.63) is 41.0 Å². The number of benzene rings is 1. The molecule has 2 aromatic rings. The summed E-state index contributed by atoms with van der Waals surface area (Å²) < 4.78 is 0. The molecule has 1 aromatic heterocycles. The Bertz CT molecular complexity index is 545. The highest BCUT2D eigenvalue weighted by Crippen LogP contribution is 2.35. The van der Waals surface area contributed by atoms with Crippen molar-refractivity contribution in [2.45, 2.75) is 43.2 Å². The fourth-order valence-corrected chi connectivity index (χ4v) is 5.10. The average Bonchev–Trinajstić information content (AvgIpc) is 3.15. The van der Waals surface area contributed by atoms with Gasteiger partial charge in [0, 0.05) is 17.5 Å². The minimum atomic E-state index is 0.523. The van der Waals surface area contributed by atoms with Crippen LogP contribution in [0.4, 0.5) is 0 Å². The normalized spacial score (nSPS) is 15.8.